The molecule has 2 aliphatic rings. The third-order valence-corrected chi connectivity index (χ3v) is 16.1. The summed E-state index contributed by atoms with van der Waals surface area (Å²) in [5, 5.41) is 58.4. The maximum Gasteiger partial charge on any atom is 0.310 e. The highest BCUT2D eigenvalue weighted by Crippen LogP contribution is 2.36. The second-order valence-electron chi connectivity index (χ2n) is 23.4. The molecule has 444 valence electrons. The largest absolute Gasteiger partial charge is 0.502 e. The van der Waals surface area contributed by atoms with Crippen LogP contribution in [0.4, 0.5) is 5.69 Å². The topological polar surface area (TPSA) is 278 Å². The molecule has 12 atom stereocenters. The van der Waals surface area contributed by atoms with Crippen molar-refractivity contribution in [1.29, 1.82) is 0 Å². The summed E-state index contributed by atoms with van der Waals surface area (Å²) in [5.74, 6) is -5.62. The summed E-state index contributed by atoms with van der Waals surface area (Å²) in [6.45, 7) is 18.9. The number of aliphatic hydroxyl groups is 2. The molecule has 2 saturated heterocycles. The van der Waals surface area contributed by atoms with Crippen molar-refractivity contribution < 1.29 is 53.7 Å². The first-order valence-corrected chi connectivity index (χ1v) is 28.8. The Balaban J connectivity index is 1.74. The molecule has 22 heteroatoms. The smallest absolute Gasteiger partial charge is 0.310 e. The lowest BCUT2D eigenvalue weighted by atomic mass is 9.88. The van der Waals surface area contributed by atoms with Gasteiger partial charge in [-0.3, -0.25) is 38.9 Å². The van der Waals surface area contributed by atoms with Gasteiger partial charge in [-0.1, -0.05) is 92.0 Å². The number of aromatic nitrogens is 1. The first-order chi connectivity index (χ1) is 37.7. The van der Waals surface area contributed by atoms with Crippen LogP contribution in [-0.4, -0.2) is 162 Å². The zero-order chi connectivity index (χ0) is 59.5. The second kappa shape index (κ2) is 28.7. The molecule has 2 fully saturated rings. The van der Waals surface area contributed by atoms with Crippen molar-refractivity contribution in [3.05, 3.63) is 69.9 Å². The molecule has 0 spiro atoms. The highest BCUT2D eigenvalue weighted by molar-refractivity contribution is 6.18. The zero-order valence-electron chi connectivity index (χ0n) is 48.7. The summed E-state index contributed by atoms with van der Waals surface area (Å²) in [6.07, 6.45) is 1.34. The third kappa shape index (κ3) is 15.6. The molecule has 2 aliphatic heterocycles. The summed E-state index contributed by atoms with van der Waals surface area (Å²) in [4.78, 5) is 106. The van der Waals surface area contributed by atoms with E-state index < -0.39 is 118 Å². The number of phenols is 1. The highest BCUT2D eigenvalue weighted by Gasteiger charge is 2.49. The van der Waals surface area contributed by atoms with Crippen molar-refractivity contribution >= 4 is 63.6 Å². The number of phenolic OH excluding ortho intramolecular Hbond substituents is 1. The number of rotatable bonds is 19. The molecule has 0 aliphatic carbocycles. The molecule has 1 unspecified atom stereocenters. The van der Waals surface area contributed by atoms with Gasteiger partial charge in [-0.25, -0.2) is 4.90 Å². The SMILES string of the molecule is CCCCO[C@@H]1[C@@H](C)C[C@H]2[C@H](O)N1[C@@H](CC(C)C)C(=O)N[C@@H](CCCC)C(=O)N[C@@H](Cc1cn(C(C)(C)[C@H](O)CCl)c3ccccc13)C(=O)N(C)[C@@H](CC(C)C)C(=O)N[C@@H](Cc1ccc(O)c([N+](=O)[O-])c1)C(=O)N[C@@H](C)C(=O)N2C. The van der Waals surface area contributed by atoms with Gasteiger partial charge >= 0.3 is 5.69 Å². The number of nitrogens with zero attached hydrogens (tertiary/aromatic N) is 5. The lowest BCUT2D eigenvalue weighted by Crippen LogP contribution is -2.68. The molecule has 2 bridgehead atoms. The molecule has 21 nitrogen and oxygen atoms in total. The van der Waals surface area contributed by atoms with Crippen LogP contribution in [0, 0.1) is 27.9 Å². The number of amides is 6. The molecule has 3 heterocycles. The lowest BCUT2D eigenvalue weighted by Gasteiger charge is -2.51. The van der Waals surface area contributed by atoms with E-state index in [4.69, 9.17) is 16.3 Å². The Labute approximate surface area is 476 Å². The lowest BCUT2D eigenvalue weighted by molar-refractivity contribution is -0.385. The molecule has 0 saturated carbocycles. The van der Waals surface area contributed by atoms with Gasteiger partial charge in [-0.05, 0) is 93.9 Å². The number of unbranched alkanes of at least 4 members (excludes halogenated alkanes) is 2. The van der Waals surface area contributed by atoms with Gasteiger partial charge in [0.25, 0.3) is 0 Å². The molecular weight excluding hydrogens is 1050 g/mol. The minimum atomic E-state index is -1.52. The Morgan fingerprint density at radius 3 is 2.02 bits per heavy atom. The molecule has 2 aromatic carbocycles. The summed E-state index contributed by atoms with van der Waals surface area (Å²) >= 11 is 6.23. The number of halogens is 1. The number of hydrogen-bond donors (Lipinski definition) is 7. The molecule has 5 rings (SSSR count). The van der Waals surface area contributed by atoms with Crippen LogP contribution in [0.5, 0.6) is 5.75 Å². The van der Waals surface area contributed by atoms with Crippen molar-refractivity contribution in [2.24, 2.45) is 17.8 Å². The Kier molecular flexibility index (Phi) is 23.3. The van der Waals surface area contributed by atoms with Crippen LogP contribution in [0.25, 0.3) is 10.9 Å². The number of aromatic hydroxyl groups is 1. The van der Waals surface area contributed by atoms with Crippen molar-refractivity contribution in [3.8, 4) is 5.75 Å². The molecule has 1 aromatic heterocycles. The Hall–Kier alpha value is -5.87. The number of piperidine rings is 1. The van der Waals surface area contributed by atoms with E-state index in [0.29, 0.717) is 42.3 Å². The minimum absolute atomic E-state index is 0.0610. The van der Waals surface area contributed by atoms with Crippen LogP contribution in [0.3, 0.4) is 0 Å². The van der Waals surface area contributed by atoms with Gasteiger partial charge in [0.2, 0.25) is 35.4 Å². The van der Waals surface area contributed by atoms with Crippen molar-refractivity contribution in [3.63, 3.8) is 0 Å². The first-order valence-electron chi connectivity index (χ1n) is 28.3. The van der Waals surface area contributed by atoms with Crippen molar-refractivity contribution in [2.45, 2.75) is 200 Å². The third-order valence-electron chi connectivity index (χ3n) is 15.8. The summed E-state index contributed by atoms with van der Waals surface area (Å²) in [7, 11) is 2.92. The van der Waals surface area contributed by atoms with Gasteiger partial charge in [-0.15, -0.1) is 11.6 Å². The fourth-order valence-electron chi connectivity index (χ4n) is 11.0. The zero-order valence-corrected chi connectivity index (χ0v) is 49.5. The van der Waals surface area contributed by atoms with Gasteiger partial charge in [0, 0.05) is 56.7 Å². The van der Waals surface area contributed by atoms with Gasteiger partial charge in [-0.2, -0.15) is 0 Å². The maximum absolute atomic E-state index is 15.5. The number of nitro benzene ring substituents is 1. The number of alkyl halides is 1. The fraction of sp³-hybridized carbons (Fsp3) is 0.655. The number of para-hydroxylation sites is 1. The Morgan fingerprint density at radius 1 is 0.800 bits per heavy atom. The summed E-state index contributed by atoms with van der Waals surface area (Å²) in [6, 6.07) is 2.24. The van der Waals surface area contributed by atoms with E-state index in [-0.39, 0.29) is 67.7 Å². The highest BCUT2D eigenvalue weighted by atomic mass is 35.5. The number of fused-ring (bicyclic) bond motifs is 3. The molecular formula is C58H88ClN9O12. The van der Waals surface area contributed by atoms with Gasteiger partial charge in [0.1, 0.15) is 42.7 Å². The Bertz CT molecular complexity index is 2650. The number of ether oxygens (including phenoxy) is 1. The predicted octanol–water partition coefficient (Wildman–Crippen LogP) is 5.46. The van der Waals surface area contributed by atoms with Crippen molar-refractivity contribution in [2.75, 3.05) is 26.6 Å². The van der Waals surface area contributed by atoms with Crippen LogP contribution in [0.1, 0.15) is 132 Å². The fourth-order valence-corrected chi connectivity index (χ4v) is 11.3. The second-order valence-corrected chi connectivity index (χ2v) is 23.7. The van der Waals surface area contributed by atoms with E-state index in [9.17, 15) is 39.8 Å². The molecule has 3 aromatic rings. The number of carbonyl (C=O) groups is 6. The number of nitro groups is 1. The first kappa shape index (κ1) is 64.9. The van der Waals surface area contributed by atoms with E-state index in [0.717, 1.165) is 18.6 Å². The summed E-state index contributed by atoms with van der Waals surface area (Å²) < 4.78 is 8.40. The average molecular weight is 1140 g/mol. The molecule has 80 heavy (non-hydrogen) atoms. The quantitative estimate of drug-likeness (QED) is 0.0341. The van der Waals surface area contributed by atoms with Crippen LogP contribution in [0.15, 0.2) is 48.7 Å². The standard InChI is InChI=1S/C58H88ClN9O12/c1-13-15-20-40-50(71)63-42(30-38-32-66(58(9,10)49(70)31-59)43-21-18-17-19-39(38)43)55(76)64(11)45(25-33(3)4)52(73)62-41(28-37-22-23-48(69)44(29-37)68(78)79)51(72)60-36(8)54(75)65(12)47-27-35(7)57(80-24-16-14-2)67(56(47)77)46(26-34(5)6)53(74)61-40/h17-19,21-23,29,32-36,40-42,45-47,49,56-57,69-70,77H,13-16,20,24-28,30-31H2,1-12H3,(H,60,72)(H,61,74)(H,62,73)(H,63,71)/t35-,36-,40-,41-,42-,45-,46-,47-,49+,56-,57+/m0/s1. The molecule has 0 radical (unpaired) electrons. The number of nitrogens with one attached hydrogen (secondary N) is 4. The van der Waals surface area contributed by atoms with Gasteiger partial charge in [0.15, 0.2) is 5.75 Å². The number of benzene rings is 2. The van der Waals surface area contributed by atoms with Crippen LogP contribution >= 0.6 is 11.6 Å². The van der Waals surface area contributed by atoms with E-state index in [1.807, 2.05) is 97.3 Å². The maximum atomic E-state index is 15.5. The van der Waals surface area contributed by atoms with E-state index >= 15 is 14.4 Å². The number of likely N-dealkylation sites (N-methyl/N-ethyl adjacent to an activating group) is 2. The number of hydrogen-bond acceptors (Lipinski definition) is 13. The van der Waals surface area contributed by atoms with E-state index in [1.54, 1.807) is 4.90 Å². The van der Waals surface area contributed by atoms with Gasteiger partial charge in [0.05, 0.1) is 34.5 Å². The predicted molar refractivity (Wildman–Crippen MR) is 305 cm³/mol. The van der Waals surface area contributed by atoms with Gasteiger partial charge < -0.3 is 55.7 Å². The number of carbonyl (C=O) groups excluding carboxylic acids is 6. The van der Waals surface area contributed by atoms with Crippen molar-refractivity contribution in [1.82, 2.24) is 40.5 Å². The van der Waals surface area contributed by atoms with Crippen LogP contribution in [-0.2, 0) is 51.9 Å². The normalized spacial score (nSPS) is 26.7. The molecule has 6 amide bonds. The van der Waals surface area contributed by atoms with E-state index in [1.165, 1.54) is 36.9 Å². The minimum Gasteiger partial charge on any atom is -0.502 e. The van der Waals surface area contributed by atoms with E-state index in [2.05, 4.69) is 21.3 Å². The van der Waals surface area contributed by atoms with Crippen LogP contribution in [0.2, 0.25) is 0 Å². The van der Waals surface area contributed by atoms with Crippen LogP contribution < -0.4 is 21.3 Å². The summed E-state index contributed by atoms with van der Waals surface area (Å²) in [5.41, 5.74) is -0.0927. The average Bonchev–Trinajstić information content (AvgIpc) is 3.98. The monoisotopic (exact) mass is 1140 g/mol. The Morgan fingerprint density at radius 2 is 1.40 bits per heavy atom. The number of aliphatic hydroxyl groups excluding tert-OH is 2. The molecule has 7 N–H and O–H groups in total.